The Bertz CT molecular complexity index is 653. The van der Waals surface area contributed by atoms with Crippen LogP contribution in [0.15, 0.2) is 78.9 Å². The van der Waals surface area contributed by atoms with Crippen LogP contribution in [-0.2, 0) is 10.2 Å². The molecule has 1 aliphatic rings. The Morgan fingerprint density at radius 1 is 0.900 bits per heavy atom. The SMILES string of the molecule is O=CC1(c2ccccc2)C=C(c2ccccc2)C=CC1. The number of hydrogen-bond donors (Lipinski definition) is 0. The summed E-state index contributed by atoms with van der Waals surface area (Å²) in [4.78, 5) is 11.8. The van der Waals surface area contributed by atoms with Crippen LogP contribution in [0.1, 0.15) is 17.5 Å². The van der Waals surface area contributed by atoms with Crippen LogP contribution >= 0.6 is 0 Å². The van der Waals surface area contributed by atoms with Gasteiger partial charge in [0.2, 0.25) is 0 Å². The van der Waals surface area contributed by atoms with Gasteiger partial charge in [0.25, 0.3) is 0 Å². The second-order valence-electron chi connectivity index (χ2n) is 5.10. The Labute approximate surface area is 119 Å². The van der Waals surface area contributed by atoms with Crippen LogP contribution in [0.3, 0.4) is 0 Å². The van der Waals surface area contributed by atoms with Crippen LogP contribution < -0.4 is 0 Å². The van der Waals surface area contributed by atoms with E-state index in [1.54, 1.807) is 0 Å². The normalized spacial score (nSPS) is 21.3. The van der Waals surface area contributed by atoms with Gasteiger partial charge in [0.1, 0.15) is 6.29 Å². The molecule has 0 spiro atoms. The largest absolute Gasteiger partial charge is 0.302 e. The highest BCUT2D eigenvalue weighted by Gasteiger charge is 2.30. The molecule has 0 aliphatic heterocycles. The monoisotopic (exact) mass is 260 g/mol. The third kappa shape index (κ3) is 2.23. The molecule has 1 unspecified atom stereocenters. The summed E-state index contributed by atoms with van der Waals surface area (Å²) >= 11 is 0. The molecule has 0 fully saturated rings. The summed E-state index contributed by atoms with van der Waals surface area (Å²) in [6.07, 6.45) is 8.06. The molecule has 0 amide bonds. The van der Waals surface area contributed by atoms with Crippen molar-refractivity contribution in [1.29, 1.82) is 0 Å². The van der Waals surface area contributed by atoms with E-state index in [1.165, 1.54) is 0 Å². The molecule has 0 heterocycles. The van der Waals surface area contributed by atoms with Crippen LogP contribution in [0, 0.1) is 0 Å². The molecule has 1 aliphatic carbocycles. The molecular formula is C19H16O. The van der Waals surface area contributed by atoms with Crippen molar-refractivity contribution in [2.75, 3.05) is 0 Å². The van der Waals surface area contributed by atoms with Gasteiger partial charge in [-0.05, 0) is 23.1 Å². The smallest absolute Gasteiger partial charge is 0.134 e. The molecule has 1 nitrogen and oxygen atoms in total. The van der Waals surface area contributed by atoms with Gasteiger partial charge in [0.05, 0.1) is 5.41 Å². The van der Waals surface area contributed by atoms with Crippen molar-refractivity contribution in [3.63, 3.8) is 0 Å². The molecule has 3 rings (SSSR count). The van der Waals surface area contributed by atoms with Crippen molar-refractivity contribution < 1.29 is 4.79 Å². The van der Waals surface area contributed by atoms with E-state index in [9.17, 15) is 4.79 Å². The van der Waals surface area contributed by atoms with Crippen molar-refractivity contribution >= 4 is 11.9 Å². The standard InChI is InChI=1S/C19H16O/c20-15-19(18-11-5-2-6-12-18)13-7-10-17(14-19)16-8-3-1-4-9-16/h1-12,14-15H,13H2. The molecule has 2 aromatic rings. The summed E-state index contributed by atoms with van der Waals surface area (Å²) < 4.78 is 0. The van der Waals surface area contributed by atoms with E-state index in [0.717, 1.165) is 29.4 Å². The molecule has 0 N–H and O–H groups in total. The Hall–Kier alpha value is -2.41. The van der Waals surface area contributed by atoms with Crippen molar-refractivity contribution in [2.24, 2.45) is 0 Å². The molecule has 0 aromatic heterocycles. The van der Waals surface area contributed by atoms with Crippen LogP contribution in [0.2, 0.25) is 0 Å². The molecule has 0 radical (unpaired) electrons. The number of rotatable bonds is 3. The molecule has 2 aromatic carbocycles. The van der Waals surface area contributed by atoms with Gasteiger partial charge in [-0.25, -0.2) is 0 Å². The van der Waals surface area contributed by atoms with Crippen molar-refractivity contribution in [3.05, 3.63) is 90.0 Å². The third-order valence-electron chi connectivity index (χ3n) is 3.79. The highest BCUT2D eigenvalue weighted by Crippen LogP contribution is 2.35. The minimum atomic E-state index is -0.540. The minimum Gasteiger partial charge on any atom is -0.302 e. The van der Waals surface area contributed by atoms with Gasteiger partial charge in [-0.2, -0.15) is 0 Å². The molecule has 0 saturated carbocycles. The minimum absolute atomic E-state index is 0.540. The Morgan fingerprint density at radius 3 is 2.20 bits per heavy atom. The second-order valence-corrected chi connectivity index (χ2v) is 5.10. The summed E-state index contributed by atoms with van der Waals surface area (Å²) in [5.41, 5.74) is 2.76. The summed E-state index contributed by atoms with van der Waals surface area (Å²) in [5, 5.41) is 0. The fourth-order valence-electron chi connectivity index (χ4n) is 2.68. The van der Waals surface area contributed by atoms with Crippen LogP contribution in [0.25, 0.3) is 5.57 Å². The zero-order chi connectivity index (χ0) is 13.8. The average molecular weight is 260 g/mol. The number of benzene rings is 2. The topological polar surface area (TPSA) is 17.1 Å². The first-order chi connectivity index (χ1) is 9.84. The van der Waals surface area contributed by atoms with Gasteiger partial charge in [0.15, 0.2) is 0 Å². The van der Waals surface area contributed by atoms with E-state index in [-0.39, 0.29) is 0 Å². The Morgan fingerprint density at radius 2 is 1.55 bits per heavy atom. The van der Waals surface area contributed by atoms with Gasteiger partial charge < -0.3 is 4.79 Å². The van der Waals surface area contributed by atoms with Gasteiger partial charge in [0, 0.05) is 0 Å². The maximum Gasteiger partial charge on any atom is 0.134 e. The van der Waals surface area contributed by atoms with E-state index in [1.807, 2.05) is 48.5 Å². The highest BCUT2D eigenvalue weighted by atomic mass is 16.1. The number of aldehydes is 1. The van der Waals surface area contributed by atoms with Crippen molar-refractivity contribution in [3.8, 4) is 0 Å². The van der Waals surface area contributed by atoms with E-state index >= 15 is 0 Å². The highest BCUT2D eigenvalue weighted by molar-refractivity contribution is 5.84. The molecule has 98 valence electrons. The van der Waals surface area contributed by atoms with Crippen LogP contribution in [-0.4, -0.2) is 6.29 Å². The molecule has 20 heavy (non-hydrogen) atoms. The fourth-order valence-corrected chi connectivity index (χ4v) is 2.68. The molecule has 1 heteroatoms. The first-order valence-electron chi connectivity index (χ1n) is 6.81. The molecule has 1 atom stereocenters. The number of hydrogen-bond acceptors (Lipinski definition) is 1. The van der Waals surface area contributed by atoms with Gasteiger partial charge in [-0.3, -0.25) is 0 Å². The lowest BCUT2D eigenvalue weighted by Gasteiger charge is -2.27. The van der Waals surface area contributed by atoms with Crippen molar-refractivity contribution in [2.45, 2.75) is 11.8 Å². The first kappa shape index (κ1) is 12.6. The van der Waals surface area contributed by atoms with Gasteiger partial charge in [-0.15, -0.1) is 0 Å². The number of carbonyl (C=O) groups is 1. The number of allylic oxidation sites excluding steroid dienone is 4. The summed E-state index contributed by atoms with van der Waals surface area (Å²) in [7, 11) is 0. The first-order valence-corrected chi connectivity index (χ1v) is 6.81. The zero-order valence-corrected chi connectivity index (χ0v) is 11.2. The third-order valence-corrected chi connectivity index (χ3v) is 3.79. The predicted molar refractivity (Wildman–Crippen MR) is 82.4 cm³/mol. The van der Waals surface area contributed by atoms with Crippen molar-refractivity contribution in [1.82, 2.24) is 0 Å². The lowest BCUT2D eigenvalue weighted by molar-refractivity contribution is -0.111. The van der Waals surface area contributed by atoms with Gasteiger partial charge in [-0.1, -0.05) is 78.9 Å². The Balaban J connectivity index is 2.08. The Kier molecular flexibility index (Phi) is 3.34. The molecule has 0 saturated heterocycles. The van der Waals surface area contributed by atoms with Gasteiger partial charge >= 0.3 is 0 Å². The summed E-state index contributed by atoms with van der Waals surface area (Å²) in [6.45, 7) is 0. The number of carbonyl (C=O) groups excluding carboxylic acids is 1. The summed E-state index contributed by atoms with van der Waals surface area (Å²) in [5.74, 6) is 0. The quantitative estimate of drug-likeness (QED) is 0.757. The maximum atomic E-state index is 11.8. The predicted octanol–water partition coefficient (Wildman–Crippen LogP) is 4.17. The summed E-state index contributed by atoms with van der Waals surface area (Å²) in [6, 6.07) is 20.2. The zero-order valence-electron chi connectivity index (χ0n) is 11.2. The average Bonchev–Trinajstić information content (AvgIpc) is 2.56. The lowest BCUT2D eigenvalue weighted by atomic mass is 9.74. The van der Waals surface area contributed by atoms with E-state index in [2.05, 4.69) is 30.4 Å². The fraction of sp³-hybridized carbons (Fsp3) is 0.105. The second kappa shape index (κ2) is 5.30. The van der Waals surface area contributed by atoms with E-state index < -0.39 is 5.41 Å². The van der Waals surface area contributed by atoms with Crippen LogP contribution in [0.4, 0.5) is 0 Å². The van der Waals surface area contributed by atoms with Crippen LogP contribution in [0.5, 0.6) is 0 Å². The molecular weight excluding hydrogens is 244 g/mol. The van der Waals surface area contributed by atoms with E-state index in [4.69, 9.17) is 0 Å². The molecule has 0 bridgehead atoms. The maximum absolute atomic E-state index is 11.8. The van der Waals surface area contributed by atoms with E-state index in [0.29, 0.717) is 0 Å². The lowest BCUT2D eigenvalue weighted by Crippen LogP contribution is -2.26.